The summed E-state index contributed by atoms with van der Waals surface area (Å²) in [6, 6.07) is 6.27. The molecule has 23 heavy (non-hydrogen) atoms. The molecule has 2 heterocycles. The van der Waals surface area contributed by atoms with Crippen LogP contribution in [0.15, 0.2) is 29.3 Å². The highest BCUT2D eigenvalue weighted by Gasteiger charge is 2.34. The number of hydrogen-bond donors (Lipinski definition) is 2. The quantitative estimate of drug-likeness (QED) is 0.852. The first kappa shape index (κ1) is 16.3. The van der Waals surface area contributed by atoms with Crippen LogP contribution >= 0.6 is 11.6 Å². The maximum atomic E-state index is 12.8. The molecule has 2 N–H and O–H groups in total. The van der Waals surface area contributed by atoms with E-state index in [0.29, 0.717) is 10.5 Å². The van der Waals surface area contributed by atoms with Crippen LogP contribution in [-0.4, -0.2) is 56.5 Å². The number of benzene rings is 1. The Morgan fingerprint density at radius 1 is 1.39 bits per heavy atom. The molecule has 1 unspecified atom stereocenters. The van der Waals surface area contributed by atoms with Crippen LogP contribution in [0.4, 0.5) is 0 Å². The number of hydrogen-bond acceptors (Lipinski definition) is 4. The fraction of sp³-hybridized carbons (Fsp3) is 0.357. The molecule has 1 atom stereocenters. The molecule has 7 nitrogen and oxygen atoms in total. The van der Waals surface area contributed by atoms with E-state index in [0.717, 1.165) is 9.69 Å². The molecule has 124 valence electrons. The Bertz CT molecular complexity index is 849. The SMILES string of the molecule is COCC1CN(S(=O)(=O)c2cc3ccc(Cl)cc3[nH]2)CC(=O)N1. The van der Waals surface area contributed by atoms with Crippen molar-refractivity contribution in [3.8, 4) is 0 Å². The van der Waals surface area contributed by atoms with Crippen molar-refractivity contribution in [3.63, 3.8) is 0 Å². The lowest BCUT2D eigenvalue weighted by atomic mass is 10.2. The number of fused-ring (bicyclic) bond motifs is 1. The summed E-state index contributed by atoms with van der Waals surface area (Å²) in [7, 11) is -2.30. The molecule has 1 aromatic heterocycles. The van der Waals surface area contributed by atoms with Crippen LogP contribution in [0.5, 0.6) is 0 Å². The average Bonchev–Trinajstić information content (AvgIpc) is 2.90. The molecular formula is C14H16ClN3O4S. The summed E-state index contributed by atoms with van der Waals surface area (Å²) in [5, 5.41) is 4.00. The molecule has 0 aliphatic carbocycles. The second-order valence-electron chi connectivity index (χ2n) is 5.38. The van der Waals surface area contributed by atoms with Crippen LogP contribution in [-0.2, 0) is 19.6 Å². The lowest BCUT2D eigenvalue weighted by Gasteiger charge is -2.31. The maximum absolute atomic E-state index is 12.8. The zero-order valence-electron chi connectivity index (χ0n) is 12.4. The number of nitrogens with one attached hydrogen (secondary N) is 2. The largest absolute Gasteiger partial charge is 0.383 e. The molecule has 0 spiro atoms. The van der Waals surface area contributed by atoms with Crippen LogP contribution in [0.2, 0.25) is 5.02 Å². The first-order valence-electron chi connectivity index (χ1n) is 6.97. The number of rotatable bonds is 4. The summed E-state index contributed by atoms with van der Waals surface area (Å²) >= 11 is 5.92. The van der Waals surface area contributed by atoms with E-state index in [-0.39, 0.29) is 36.7 Å². The second-order valence-corrected chi connectivity index (χ2v) is 7.73. The predicted molar refractivity (Wildman–Crippen MR) is 85.9 cm³/mol. The number of aromatic amines is 1. The Hall–Kier alpha value is -1.61. The van der Waals surface area contributed by atoms with Gasteiger partial charge in [0.25, 0.3) is 10.0 Å². The Balaban J connectivity index is 1.94. The number of carbonyl (C=O) groups excluding carboxylic acids is 1. The van der Waals surface area contributed by atoms with Crippen LogP contribution in [0, 0.1) is 0 Å². The van der Waals surface area contributed by atoms with E-state index in [2.05, 4.69) is 10.3 Å². The number of aromatic nitrogens is 1. The van der Waals surface area contributed by atoms with Crippen LogP contribution < -0.4 is 5.32 Å². The van der Waals surface area contributed by atoms with Crippen molar-refractivity contribution in [2.45, 2.75) is 11.1 Å². The Kier molecular flexibility index (Phi) is 4.33. The van der Waals surface area contributed by atoms with Gasteiger partial charge in [0, 0.05) is 29.6 Å². The molecule has 1 saturated heterocycles. The number of nitrogens with zero attached hydrogens (tertiary/aromatic N) is 1. The van der Waals surface area contributed by atoms with Gasteiger partial charge in [-0.05, 0) is 18.2 Å². The first-order valence-corrected chi connectivity index (χ1v) is 8.78. The predicted octanol–water partition coefficient (Wildman–Crippen LogP) is 0.957. The van der Waals surface area contributed by atoms with E-state index in [9.17, 15) is 13.2 Å². The van der Waals surface area contributed by atoms with Gasteiger partial charge in [-0.2, -0.15) is 4.31 Å². The third-order valence-corrected chi connectivity index (χ3v) is 5.62. The molecule has 0 saturated carbocycles. The van der Waals surface area contributed by atoms with E-state index in [1.54, 1.807) is 24.3 Å². The summed E-state index contributed by atoms with van der Waals surface area (Å²) in [5.74, 6) is -0.346. The molecule has 1 fully saturated rings. The van der Waals surface area contributed by atoms with Crippen molar-refractivity contribution in [3.05, 3.63) is 29.3 Å². The number of carbonyl (C=O) groups is 1. The Labute approximate surface area is 138 Å². The van der Waals surface area contributed by atoms with Crippen LogP contribution in [0.1, 0.15) is 0 Å². The van der Waals surface area contributed by atoms with E-state index < -0.39 is 10.0 Å². The molecule has 1 amide bonds. The number of amides is 1. The minimum Gasteiger partial charge on any atom is -0.383 e. The summed E-state index contributed by atoms with van der Waals surface area (Å²) in [6.45, 7) is 0.205. The van der Waals surface area contributed by atoms with Crippen molar-refractivity contribution in [2.24, 2.45) is 0 Å². The molecule has 1 aliphatic rings. The van der Waals surface area contributed by atoms with E-state index in [1.165, 1.54) is 7.11 Å². The molecule has 0 bridgehead atoms. The number of ether oxygens (including phenoxy) is 1. The van der Waals surface area contributed by atoms with Crippen molar-refractivity contribution in [1.82, 2.24) is 14.6 Å². The first-order chi connectivity index (χ1) is 10.9. The summed E-state index contributed by atoms with van der Waals surface area (Å²) in [6.07, 6.45) is 0. The number of piperazine rings is 1. The van der Waals surface area contributed by atoms with E-state index >= 15 is 0 Å². The normalized spacial score (nSPS) is 19.9. The summed E-state index contributed by atoms with van der Waals surface area (Å²) in [5.41, 5.74) is 0.631. The summed E-state index contributed by atoms with van der Waals surface area (Å²) in [4.78, 5) is 14.6. The van der Waals surface area contributed by atoms with Gasteiger partial charge in [0.05, 0.1) is 19.2 Å². The van der Waals surface area contributed by atoms with Crippen LogP contribution in [0.3, 0.4) is 0 Å². The maximum Gasteiger partial charge on any atom is 0.259 e. The zero-order chi connectivity index (χ0) is 16.6. The van der Waals surface area contributed by atoms with Gasteiger partial charge in [0.15, 0.2) is 0 Å². The number of halogens is 1. The molecule has 2 aromatic rings. The highest BCUT2D eigenvalue weighted by Crippen LogP contribution is 2.24. The fourth-order valence-electron chi connectivity index (χ4n) is 2.62. The third kappa shape index (κ3) is 3.20. The van der Waals surface area contributed by atoms with E-state index in [4.69, 9.17) is 16.3 Å². The lowest BCUT2D eigenvalue weighted by molar-refractivity contribution is -0.124. The topological polar surface area (TPSA) is 91.5 Å². The highest BCUT2D eigenvalue weighted by atomic mass is 35.5. The average molecular weight is 358 g/mol. The van der Waals surface area contributed by atoms with Gasteiger partial charge < -0.3 is 15.0 Å². The monoisotopic (exact) mass is 357 g/mol. The Morgan fingerprint density at radius 3 is 2.91 bits per heavy atom. The number of methoxy groups -OCH3 is 1. The molecule has 1 aliphatic heterocycles. The molecule has 3 rings (SSSR count). The highest BCUT2D eigenvalue weighted by molar-refractivity contribution is 7.89. The smallest absolute Gasteiger partial charge is 0.259 e. The van der Waals surface area contributed by atoms with Crippen molar-refractivity contribution in [1.29, 1.82) is 0 Å². The minimum atomic E-state index is -3.80. The van der Waals surface area contributed by atoms with Gasteiger partial charge in [-0.3, -0.25) is 4.79 Å². The van der Waals surface area contributed by atoms with E-state index in [1.807, 2.05) is 0 Å². The molecule has 9 heteroatoms. The summed E-state index contributed by atoms with van der Waals surface area (Å²) < 4.78 is 31.7. The van der Waals surface area contributed by atoms with Crippen molar-refractivity contribution < 1.29 is 17.9 Å². The number of H-pyrrole nitrogens is 1. The van der Waals surface area contributed by atoms with Gasteiger partial charge >= 0.3 is 0 Å². The standard InChI is InChI=1S/C14H16ClN3O4S/c1-22-8-11-6-18(7-13(19)16-11)23(20,21)14-4-9-2-3-10(15)5-12(9)17-14/h2-5,11,17H,6-8H2,1H3,(H,16,19). The van der Waals surface area contributed by atoms with Gasteiger partial charge in [0.2, 0.25) is 5.91 Å². The zero-order valence-corrected chi connectivity index (χ0v) is 13.9. The second kappa shape index (κ2) is 6.12. The van der Waals surface area contributed by atoms with Crippen molar-refractivity contribution >= 4 is 38.4 Å². The molecule has 1 aromatic carbocycles. The third-order valence-electron chi connectivity index (χ3n) is 3.65. The number of sulfonamides is 1. The lowest BCUT2D eigenvalue weighted by Crippen LogP contribution is -2.57. The van der Waals surface area contributed by atoms with Gasteiger partial charge in [-0.1, -0.05) is 17.7 Å². The van der Waals surface area contributed by atoms with Gasteiger partial charge in [-0.25, -0.2) is 8.42 Å². The van der Waals surface area contributed by atoms with Gasteiger partial charge in [-0.15, -0.1) is 0 Å². The molecule has 0 radical (unpaired) electrons. The molecular weight excluding hydrogens is 342 g/mol. The van der Waals surface area contributed by atoms with Gasteiger partial charge in [0.1, 0.15) is 5.03 Å². The van der Waals surface area contributed by atoms with Crippen LogP contribution in [0.25, 0.3) is 10.9 Å². The fourth-order valence-corrected chi connectivity index (χ4v) is 4.25. The minimum absolute atomic E-state index is 0.0423. The Morgan fingerprint density at radius 2 is 2.17 bits per heavy atom. The van der Waals surface area contributed by atoms with Crippen molar-refractivity contribution in [2.75, 3.05) is 26.8 Å².